The molecule has 0 aliphatic rings. The Hall–Kier alpha value is -3.35. The summed E-state index contributed by atoms with van der Waals surface area (Å²) in [4.78, 5) is 21.4. The Labute approximate surface area is 137 Å². The van der Waals surface area contributed by atoms with Crippen LogP contribution in [-0.4, -0.2) is 24.9 Å². The highest BCUT2D eigenvalue weighted by Crippen LogP contribution is 2.16. The molecule has 24 heavy (non-hydrogen) atoms. The number of para-hydroxylation sites is 1. The summed E-state index contributed by atoms with van der Waals surface area (Å²) in [7, 11) is 0. The van der Waals surface area contributed by atoms with Crippen molar-refractivity contribution in [3.05, 3.63) is 54.0 Å². The van der Waals surface area contributed by atoms with Gasteiger partial charge in [0.1, 0.15) is 0 Å². The van der Waals surface area contributed by atoms with Gasteiger partial charge in [-0.05, 0) is 25.0 Å². The summed E-state index contributed by atoms with van der Waals surface area (Å²) >= 11 is 0. The third kappa shape index (κ3) is 2.67. The predicted molar refractivity (Wildman–Crippen MR) is 93.1 cm³/mol. The fraction of sp³-hybridized carbons (Fsp3) is 0.118. The number of nitrogen functional groups attached to an aromatic ring is 2. The number of nitrogens with zero attached hydrogens (tertiary/aromatic N) is 5. The van der Waals surface area contributed by atoms with Gasteiger partial charge in [0, 0.05) is 11.1 Å². The highest BCUT2D eigenvalue weighted by Gasteiger charge is 2.08. The van der Waals surface area contributed by atoms with Gasteiger partial charge in [-0.2, -0.15) is 9.97 Å². The summed E-state index contributed by atoms with van der Waals surface area (Å²) in [5, 5.41) is 1.13. The number of pyridine rings is 1. The quantitative estimate of drug-likeness (QED) is 0.592. The Kier molecular flexibility index (Phi) is 3.38. The van der Waals surface area contributed by atoms with Gasteiger partial charge in [-0.25, -0.2) is 9.97 Å². The van der Waals surface area contributed by atoms with Gasteiger partial charge in [0.15, 0.2) is 17.0 Å². The molecule has 4 N–H and O–H groups in total. The van der Waals surface area contributed by atoms with E-state index in [1.165, 1.54) is 0 Å². The van der Waals surface area contributed by atoms with Crippen molar-refractivity contribution in [1.29, 1.82) is 0 Å². The Morgan fingerprint density at radius 2 is 1.62 bits per heavy atom. The molecule has 0 amide bonds. The van der Waals surface area contributed by atoms with Crippen molar-refractivity contribution in [2.24, 2.45) is 0 Å². The van der Waals surface area contributed by atoms with Crippen LogP contribution in [0.4, 0.5) is 11.8 Å². The molecule has 1 aromatic carbocycles. The number of rotatable bonds is 3. The van der Waals surface area contributed by atoms with Crippen molar-refractivity contribution in [2.75, 3.05) is 11.5 Å². The maximum Gasteiger partial charge on any atom is 0.224 e. The van der Waals surface area contributed by atoms with E-state index in [0.717, 1.165) is 28.7 Å². The average molecular weight is 317 g/mol. The van der Waals surface area contributed by atoms with Gasteiger partial charge in [-0.3, -0.25) is 4.98 Å². The van der Waals surface area contributed by atoms with Crippen LogP contribution in [0.5, 0.6) is 0 Å². The molecule has 0 saturated carbocycles. The van der Waals surface area contributed by atoms with Gasteiger partial charge in [-0.1, -0.05) is 24.3 Å². The van der Waals surface area contributed by atoms with Crippen molar-refractivity contribution in [3.63, 3.8) is 0 Å². The molecule has 3 aromatic heterocycles. The molecule has 0 aliphatic heterocycles. The first-order valence-electron chi connectivity index (χ1n) is 7.58. The summed E-state index contributed by atoms with van der Waals surface area (Å²) in [5.74, 6) is 0.345. The largest absolute Gasteiger partial charge is 0.382 e. The zero-order valence-corrected chi connectivity index (χ0v) is 12.8. The van der Waals surface area contributed by atoms with E-state index in [0.29, 0.717) is 17.6 Å². The molecule has 118 valence electrons. The van der Waals surface area contributed by atoms with Crippen LogP contribution in [-0.2, 0) is 12.8 Å². The number of aryl methyl sites for hydroxylation is 2. The summed E-state index contributed by atoms with van der Waals surface area (Å²) in [5.41, 5.74) is 15.1. The van der Waals surface area contributed by atoms with Crippen molar-refractivity contribution in [2.45, 2.75) is 12.8 Å². The second-order valence-electron chi connectivity index (χ2n) is 5.50. The SMILES string of the molecule is Nc1nc(N)c2nc(CCc3ccc4ccccc4n3)cnc2n1. The number of nitrogens with two attached hydrogens (primary N) is 2. The van der Waals surface area contributed by atoms with Gasteiger partial charge in [0.05, 0.1) is 17.4 Å². The fourth-order valence-electron chi connectivity index (χ4n) is 2.61. The van der Waals surface area contributed by atoms with E-state index in [2.05, 4.69) is 37.1 Å². The molecule has 0 saturated heterocycles. The second kappa shape index (κ2) is 5.69. The number of benzene rings is 1. The van der Waals surface area contributed by atoms with E-state index in [1.54, 1.807) is 6.20 Å². The van der Waals surface area contributed by atoms with Crippen LogP contribution in [0.25, 0.3) is 22.1 Å². The summed E-state index contributed by atoms with van der Waals surface area (Å²) in [6, 6.07) is 12.2. The average Bonchev–Trinajstić information content (AvgIpc) is 2.60. The Morgan fingerprint density at radius 3 is 2.54 bits per heavy atom. The van der Waals surface area contributed by atoms with Crippen LogP contribution in [0.2, 0.25) is 0 Å². The van der Waals surface area contributed by atoms with Crippen molar-refractivity contribution in [1.82, 2.24) is 24.9 Å². The van der Waals surface area contributed by atoms with E-state index < -0.39 is 0 Å². The second-order valence-corrected chi connectivity index (χ2v) is 5.50. The van der Waals surface area contributed by atoms with Crippen molar-refractivity contribution >= 4 is 33.8 Å². The normalized spacial score (nSPS) is 11.2. The molecule has 0 aliphatic carbocycles. The van der Waals surface area contributed by atoms with Crippen LogP contribution in [0.1, 0.15) is 11.4 Å². The minimum atomic E-state index is 0.0995. The number of hydrogen-bond donors (Lipinski definition) is 2. The fourth-order valence-corrected chi connectivity index (χ4v) is 2.61. The first-order valence-corrected chi connectivity index (χ1v) is 7.58. The van der Waals surface area contributed by atoms with Crippen LogP contribution >= 0.6 is 0 Å². The molecule has 0 radical (unpaired) electrons. The molecule has 0 bridgehead atoms. The molecule has 4 aromatic rings. The summed E-state index contributed by atoms with van der Waals surface area (Å²) in [6.07, 6.45) is 3.16. The predicted octanol–water partition coefficient (Wildman–Crippen LogP) is 1.92. The van der Waals surface area contributed by atoms with Gasteiger partial charge in [-0.15, -0.1) is 0 Å². The molecular weight excluding hydrogens is 302 g/mol. The van der Waals surface area contributed by atoms with E-state index in [1.807, 2.05) is 24.3 Å². The molecule has 7 heteroatoms. The zero-order chi connectivity index (χ0) is 16.5. The lowest BCUT2D eigenvalue weighted by Crippen LogP contribution is -2.05. The lowest BCUT2D eigenvalue weighted by Gasteiger charge is -2.05. The first-order chi connectivity index (χ1) is 11.7. The lowest BCUT2D eigenvalue weighted by atomic mass is 10.1. The van der Waals surface area contributed by atoms with Gasteiger partial charge in [0.2, 0.25) is 5.95 Å². The molecule has 0 spiro atoms. The van der Waals surface area contributed by atoms with Crippen LogP contribution in [0.3, 0.4) is 0 Å². The van der Waals surface area contributed by atoms with Crippen LogP contribution in [0, 0.1) is 0 Å². The number of aromatic nitrogens is 5. The Balaban J connectivity index is 1.59. The van der Waals surface area contributed by atoms with Crippen LogP contribution in [0.15, 0.2) is 42.6 Å². The molecule has 0 unspecified atom stereocenters. The maximum atomic E-state index is 5.85. The van der Waals surface area contributed by atoms with E-state index in [9.17, 15) is 0 Å². The van der Waals surface area contributed by atoms with Crippen molar-refractivity contribution in [3.8, 4) is 0 Å². The minimum Gasteiger partial charge on any atom is -0.382 e. The molecule has 0 atom stereocenters. The molecule has 7 nitrogen and oxygen atoms in total. The number of hydrogen-bond acceptors (Lipinski definition) is 7. The van der Waals surface area contributed by atoms with E-state index >= 15 is 0 Å². The maximum absolute atomic E-state index is 5.85. The third-order valence-electron chi connectivity index (χ3n) is 3.79. The number of anilines is 2. The Morgan fingerprint density at radius 1 is 0.792 bits per heavy atom. The smallest absolute Gasteiger partial charge is 0.224 e. The highest BCUT2D eigenvalue weighted by atomic mass is 15.1. The third-order valence-corrected chi connectivity index (χ3v) is 3.79. The van der Waals surface area contributed by atoms with Crippen LogP contribution < -0.4 is 11.5 Å². The van der Waals surface area contributed by atoms with E-state index in [4.69, 9.17) is 11.5 Å². The number of fused-ring (bicyclic) bond motifs is 2. The molecule has 0 fully saturated rings. The van der Waals surface area contributed by atoms with Gasteiger partial charge >= 0.3 is 0 Å². The first kappa shape index (κ1) is 14.3. The molecule has 3 heterocycles. The van der Waals surface area contributed by atoms with Gasteiger partial charge < -0.3 is 11.5 Å². The summed E-state index contributed by atoms with van der Waals surface area (Å²) < 4.78 is 0. The summed E-state index contributed by atoms with van der Waals surface area (Å²) in [6.45, 7) is 0. The van der Waals surface area contributed by atoms with Crippen molar-refractivity contribution < 1.29 is 0 Å². The molecular formula is C17H15N7. The highest BCUT2D eigenvalue weighted by molar-refractivity contribution is 5.81. The Bertz CT molecular complexity index is 1050. The van der Waals surface area contributed by atoms with E-state index in [-0.39, 0.29) is 11.8 Å². The molecule has 4 rings (SSSR count). The monoisotopic (exact) mass is 317 g/mol. The lowest BCUT2D eigenvalue weighted by molar-refractivity contribution is 0.883. The zero-order valence-electron chi connectivity index (χ0n) is 12.8. The van der Waals surface area contributed by atoms with Gasteiger partial charge in [0.25, 0.3) is 0 Å². The minimum absolute atomic E-state index is 0.0995. The standard InChI is InChI=1S/C17H15N7/c18-15-14-16(24-17(19)23-15)20-9-12(22-14)8-7-11-6-5-10-3-1-2-4-13(10)21-11/h1-6,9H,7-8H2,(H4,18,19,20,23,24). The topological polar surface area (TPSA) is 116 Å².